The number of fused-ring (bicyclic) bond motifs is 6. The first-order valence-electron chi connectivity index (χ1n) is 11.3. The first kappa shape index (κ1) is 22.8. The smallest absolute Gasteiger partial charge is 0.341 e. The maximum absolute atomic E-state index is 12.7. The topological polar surface area (TPSA) is 87.0 Å². The van der Waals surface area contributed by atoms with Gasteiger partial charge in [-0.15, -0.1) is 11.3 Å². The lowest BCUT2D eigenvalue weighted by atomic mass is 9.78. The van der Waals surface area contributed by atoms with Crippen LogP contribution in [0.3, 0.4) is 0 Å². The van der Waals surface area contributed by atoms with Gasteiger partial charge in [0.1, 0.15) is 11.3 Å². The molecule has 1 N–H and O–H groups in total. The maximum Gasteiger partial charge on any atom is 0.341 e. The van der Waals surface area contributed by atoms with Crippen molar-refractivity contribution in [1.82, 2.24) is 4.57 Å². The van der Waals surface area contributed by atoms with Crippen LogP contribution in [0.5, 0.6) is 5.75 Å². The number of methoxy groups -OCH3 is 1. The second-order valence-corrected chi connectivity index (χ2v) is 10.2. The molecule has 0 aliphatic carbocycles. The summed E-state index contributed by atoms with van der Waals surface area (Å²) in [6.45, 7) is 5.66. The zero-order valence-electron chi connectivity index (χ0n) is 19.4. The molecule has 8 heteroatoms. The van der Waals surface area contributed by atoms with E-state index in [0.29, 0.717) is 25.5 Å². The first-order valence-corrected chi connectivity index (χ1v) is 12.2. The van der Waals surface area contributed by atoms with Crippen molar-refractivity contribution in [1.29, 1.82) is 0 Å². The van der Waals surface area contributed by atoms with Crippen molar-refractivity contribution < 1.29 is 24.1 Å². The lowest BCUT2D eigenvalue weighted by Gasteiger charge is -2.38. The van der Waals surface area contributed by atoms with Crippen LogP contribution in [0.1, 0.15) is 48.1 Å². The minimum absolute atomic E-state index is 0.000331. The van der Waals surface area contributed by atoms with Gasteiger partial charge in [0.25, 0.3) is 0 Å². The molecule has 178 valence electrons. The van der Waals surface area contributed by atoms with Crippen LogP contribution in [0.15, 0.2) is 46.7 Å². The number of rotatable bonds is 7. The maximum atomic E-state index is 12.7. The van der Waals surface area contributed by atoms with Crippen molar-refractivity contribution in [3.05, 3.63) is 63.3 Å². The fourth-order valence-electron chi connectivity index (χ4n) is 5.16. The number of carboxylic acid groups (broad SMARTS) is 1. The third kappa shape index (κ3) is 3.76. The van der Waals surface area contributed by atoms with Crippen LogP contribution in [0.4, 0.5) is 0 Å². The molecule has 2 aliphatic rings. The van der Waals surface area contributed by atoms with Gasteiger partial charge in [-0.05, 0) is 43.0 Å². The summed E-state index contributed by atoms with van der Waals surface area (Å²) < 4.78 is 19.5. The Bertz CT molecular complexity index is 1290. The van der Waals surface area contributed by atoms with Crippen LogP contribution in [0, 0.1) is 0 Å². The van der Waals surface area contributed by atoms with Crippen molar-refractivity contribution >= 4 is 17.3 Å². The van der Waals surface area contributed by atoms with Gasteiger partial charge in [0, 0.05) is 54.3 Å². The Kier molecular flexibility index (Phi) is 5.83. The van der Waals surface area contributed by atoms with Gasteiger partial charge in [-0.25, -0.2) is 4.79 Å². The van der Waals surface area contributed by atoms with Crippen LogP contribution in [-0.2, 0) is 9.47 Å². The van der Waals surface area contributed by atoms with Crippen molar-refractivity contribution in [3.63, 3.8) is 0 Å². The lowest BCUT2D eigenvalue weighted by molar-refractivity contribution is 0.0145. The summed E-state index contributed by atoms with van der Waals surface area (Å²) in [7, 11) is 1.67. The normalized spacial score (nSPS) is 19.9. The fraction of sp³-hybridized carbons (Fsp3) is 0.385. The molecule has 4 heterocycles. The number of aromatic nitrogens is 1. The van der Waals surface area contributed by atoms with E-state index in [0.717, 1.165) is 33.7 Å². The molecule has 0 spiro atoms. The average molecular weight is 482 g/mol. The quantitative estimate of drug-likeness (QED) is 0.488. The highest BCUT2D eigenvalue weighted by atomic mass is 32.1. The largest absolute Gasteiger partial charge is 0.493 e. The van der Waals surface area contributed by atoms with Gasteiger partial charge in [-0.1, -0.05) is 6.07 Å². The van der Waals surface area contributed by atoms with E-state index in [2.05, 4.69) is 12.1 Å². The second kappa shape index (κ2) is 8.69. The van der Waals surface area contributed by atoms with Gasteiger partial charge in [-0.3, -0.25) is 4.79 Å². The predicted molar refractivity (Wildman–Crippen MR) is 130 cm³/mol. The number of ether oxygens (including phenoxy) is 3. The number of thiophene rings is 1. The molecule has 7 nitrogen and oxygen atoms in total. The van der Waals surface area contributed by atoms with Crippen molar-refractivity contribution in [2.45, 2.75) is 37.8 Å². The van der Waals surface area contributed by atoms with E-state index < -0.39 is 17.0 Å². The van der Waals surface area contributed by atoms with E-state index in [9.17, 15) is 14.7 Å². The molecule has 1 fully saturated rings. The highest BCUT2D eigenvalue weighted by Gasteiger charge is 2.49. The number of benzene rings is 1. The highest BCUT2D eigenvalue weighted by Crippen LogP contribution is 2.54. The van der Waals surface area contributed by atoms with Gasteiger partial charge in [0.05, 0.1) is 30.6 Å². The zero-order valence-corrected chi connectivity index (χ0v) is 20.2. The van der Waals surface area contributed by atoms with E-state index in [-0.39, 0.29) is 17.5 Å². The van der Waals surface area contributed by atoms with Gasteiger partial charge < -0.3 is 23.9 Å². The Morgan fingerprint density at radius 3 is 2.79 bits per heavy atom. The average Bonchev–Trinajstić information content (AvgIpc) is 3.44. The van der Waals surface area contributed by atoms with Crippen LogP contribution >= 0.6 is 11.3 Å². The molecule has 1 aromatic carbocycles. The summed E-state index contributed by atoms with van der Waals surface area (Å²) in [6, 6.07) is 9.49. The van der Waals surface area contributed by atoms with Crippen molar-refractivity contribution in [2.24, 2.45) is 0 Å². The number of aromatic carboxylic acids is 1. The Morgan fingerprint density at radius 2 is 2.09 bits per heavy atom. The van der Waals surface area contributed by atoms with E-state index in [4.69, 9.17) is 14.2 Å². The lowest BCUT2D eigenvalue weighted by Crippen LogP contribution is -2.36. The Morgan fingerprint density at radius 1 is 1.26 bits per heavy atom. The molecule has 2 aromatic heterocycles. The van der Waals surface area contributed by atoms with Gasteiger partial charge in [-0.2, -0.15) is 0 Å². The number of carboxylic acids is 1. The summed E-state index contributed by atoms with van der Waals surface area (Å²) in [5.74, 6) is -0.433. The van der Waals surface area contributed by atoms with Crippen molar-refractivity contribution in [3.8, 4) is 27.4 Å². The molecule has 0 bridgehead atoms. The number of hydrogen-bond donors (Lipinski definition) is 1. The Balaban J connectivity index is 1.72. The summed E-state index contributed by atoms with van der Waals surface area (Å²) in [5, 5.41) is 11.6. The first-order chi connectivity index (χ1) is 16.3. The fourth-order valence-corrected chi connectivity index (χ4v) is 5.91. The van der Waals surface area contributed by atoms with E-state index in [1.54, 1.807) is 18.4 Å². The molecular formula is C26H27NO6S. The van der Waals surface area contributed by atoms with E-state index >= 15 is 0 Å². The molecule has 2 aliphatic heterocycles. The van der Waals surface area contributed by atoms with Gasteiger partial charge in [0.15, 0.2) is 5.43 Å². The molecule has 1 unspecified atom stereocenters. The summed E-state index contributed by atoms with van der Waals surface area (Å²) in [5.41, 5.74) is 2.35. The van der Waals surface area contributed by atoms with E-state index in [1.807, 2.05) is 35.9 Å². The standard InChI is InChI=1S/C26H27NO6S/c1-26(2)24-19(14-33-26)15-11-22(32-8-5-7-31-3)17(23-6-4-9-34-23)10-16(15)20-12-21(28)18(25(29)30)13-27(20)24/h4,6,9-13,19,24H,5,7-8,14H2,1-3H3,(H,29,30)/t19-,24?/m1/s1. The Hall–Kier alpha value is -2.94. The number of nitrogens with zero attached hydrogens (tertiary/aromatic N) is 1. The molecule has 1 saturated heterocycles. The van der Waals surface area contributed by atoms with Gasteiger partial charge >= 0.3 is 5.97 Å². The molecular weight excluding hydrogens is 454 g/mol. The second-order valence-electron chi connectivity index (χ2n) is 9.22. The van der Waals surface area contributed by atoms with E-state index in [1.165, 1.54) is 12.3 Å². The zero-order chi connectivity index (χ0) is 24.0. The molecule has 2 atom stereocenters. The summed E-state index contributed by atoms with van der Waals surface area (Å²) in [6.07, 6.45) is 2.26. The third-order valence-electron chi connectivity index (χ3n) is 6.70. The SMILES string of the molecule is COCCCOc1cc2c(cc1-c1cccs1)-c1cc(=O)c(C(=O)O)cn1C1[C@@H]2COC1(C)C. The number of pyridine rings is 1. The van der Waals surface area contributed by atoms with Crippen LogP contribution in [-0.4, -0.2) is 48.2 Å². The van der Waals surface area contributed by atoms with Crippen LogP contribution in [0.2, 0.25) is 0 Å². The number of carbonyl (C=O) groups is 1. The highest BCUT2D eigenvalue weighted by molar-refractivity contribution is 7.13. The molecule has 5 rings (SSSR count). The predicted octanol–water partition coefficient (Wildman–Crippen LogP) is 4.80. The summed E-state index contributed by atoms with van der Waals surface area (Å²) in [4.78, 5) is 25.5. The summed E-state index contributed by atoms with van der Waals surface area (Å²) >= 11 is 1.62. The molecule has 0 saturated carbocycles. The number of hydrogen-bond acceptors (Lipinski definition) is 6. The van der Waals surface area contributed by atoms with Crippen LogP contribution in [0.25, 0.3) is 21.7 Å². The van der Waals surface area contributed by atoms with Gasteiger partial charge in [0.2, 0.25) is 0 Å². The molecule has 34 heavy (non-hydrogen) atoms. The van der Waals surface area contributed by atoms with Crippen molar-refractivity contribution in [2.75, 3.05) is 26.9 Å². The Labute approximate surface area is 201 Å². The monoisotopic (exact) mass is 481 g/mol. The minimum atomic E-state index is -1.22. The minimum Gasteiger partial charge on any atom is -0.493 e. The van der Waals surface area contributed by atoms with Crippen LogP contribution < -0.4 is 10.2 Å². The third-order valence-corrected chi connectivity index (χ3v) is 7.61. The molecule has 0 amide bonds. The molecule has 0 radical (unpaired) electrons. The molecule has 3 aromatic rings.